The fourth-order valence-electron chi connectivity index (χ4n) is 2.25. The van der Waals surface area contributed by atoms with Crippen molar-refractivity contribution in [3.8, 4) is 0 Å². The van der Waals surface area contributed by atoms with Crippen molar-refractivity contribution in [1.29, 1.82) is 0 Å². The van der Waals surface area contributed by atoms with Crippen LogP contribution in [0.15, 0.2) is 29.6 Å². The molecule has 0 aliphatic rings. The number of halogens is 1. The minimum absolute atomic E-state index is 0.0272. The fraction of sp³-hybridized carbons (Fsp3) is 0.389. The molecule has 5 nitrogen and oxygen atoms in total. The molecule has 0 spiro atoms. The number of aromatic nitrogens is 1. The molecule has 0 saturated carbocycles. The Kier molecular flexibility index (Phi) is 6.25. The molecule has 0 radical (unpaired) electrons. The van der Waals surface area contributed by atoms with E-state index in [4.69, 9.17) is 0 Å². The molecular weight excluding hydrogens is 341 g/mol. The molecule has 1 aromatic heterocycles. The van der Waals surface area contributed by atoms with Gasteiger partial charge in [0, 0.05) is 23.0 Å². The molecule has 25 heavy (non-hydrogen) atoms. The molecular formula is C18H22FN3O2S. The summed E-state index contributed by atoms with van der Waals surface area (Å²) >= 11 is 1.33. The molecule has 0 unspecified atom stereocenters. The molecule has 0 fully saturated rings. The predicted octanol–water partition coefficient (Wildman–Crippen LogP) is 3.47. The molecule has 2 aromatic rings. The van der Waals surface area contributed by atoms with Crippen molar-refractivity contribution in [2.24, 2.45) is 0 Å². The van der Waals surface area contributed by atoms with Crippen molar-refractivity contribution in [3.63, 3.8) is 0 Å². The average Bonchev–Trinajstić information content (AvgIpc) is 3.00. The maximum atomic E-state index is 13.4. The van der Waals surface area contributed by atoms with Gasteiger partial charge >= 0.3 is 0 Å². The van der Waals surface area contributed by atoms with Crippen molar-refractivity contribution in [3.05, 3.63) is 51.7 Å². The van der Waals surface area contributed by atoms with Gasteiger partial charge in [0.15, 0.2) is 0 Å². The number of carbonyl (C=O) groups excluding carboxylic acids is 2. The summed E-state index contributed by atoms with van der Waals surface area (Å²) in [6.45, 7) is 7.80. The zero-order valence-corrected chi connectivity index (χ0v) is 15.6. The van der Waals surface area contributed by atoms with Gasteiger partial charge in [-0.15, -0.1) is 11.3 Å². The van der Waals surface area contributed by atoms with Crippen LogP contribution in [0.2, 0.25) is 0 Å². The summed E-state index contributed by atoms with van der Waals surface area (Å²) < 4.78 is 13.4. The molecule has 2 amide bonds. The third-order valence-electron chi connectivity index (χ3n) is 3.47. The SMILES string of the molecule is CC(C)NC(=O)c1csc(CN(C(=O)c2cccc(F)c2)C(C)C)n1. The van der Waals surface area contributed by atoms with E-state index in [1.54, 1.807) is 16.3 Å². The lowest BCUT2D eigenvalue weighted by Gasteiger charge is -2.26. The molecule has 7 heteroatoms. The van der Waals surface area contributed by atoms with Gasteiger partial charge in [0.1, 0.15) is 16.5 Å². The quantitative estimate of drug-likeness (QED) is 0.855. The molecule has 0 atom stereocenters. The number of hydrogen-bond acceptors (Lipinski definition) is 4. The maximum Gasteiger partial charge on any atom is 0.270 e. The zero-order chi connectivity index (χ0) is 18.6. The normalized spacial score (nSPS) is 11.0. The van der Waals surface area contributed by atoms with Gasteiger partial charge in [0.05, 0.1) is 6.54 Å². The van der Waals surface area contributed by atoms with Gasteiger partial charge < -0.3 is 10.2 Å². The van der Waals surface area contributed by atoms with E-state index in [9.17, 15) is 14.0 Å². The molecule has 0 saturated heterocycles. The van der Waals surface area contributed by atoms with E-state index >= 15 is 0 Å². The third-order valence-corrected chi connectivity index (χ3v) is 4.30. The number of nitrogens with zero attached hydrogens (tertiary/aromatic N) is 2. The Labute approximate surface area is 150 Å². The Hall–Kier alpha value is -2.28. The Balaban J connectivity index is 2.16. The summed E-state index contributed by atoms with van der Waals surface area (Å²) in [4.78, 5) is 30.6. The molecule has 1 heterocycles. The summed E-state index contributed by atoms with van der Waals surface area (Å²) in [5.74, 6) is -0.945. The van der Waals surface area contributed by atoms with Gasteiger partial charge in [-0.1, -0.05) is 6.07 Å². The molecule has 0 aliphatic heterocycles. The van der Waals surface area contributed by atoms with Crippen LogP contribution in [0.3, 0.4) is 0 Å². The lowest BCUT2D eigenvalue weighted by molar-refractivity contribution is 0.0689. The minimum Gasteiger partial charge on any atom is -0.349 e. The van der Waals surface area contributed by atoms with Crippen LogP contribution < -0.4 is 5.32 Å². The Bertz CT molecular complexity index is 758. The summed E-state index contributed by atoms with van der Waals surface area (Å²) in [6, 6.07) is 5.56. The lowest BCUT2D eigenvalue weighted by Crippen LogP contribution is -2.36. The summed E-state index contributed by atoms with van der Waals surface area (Å²) in [6.07, 6.45) is 0. The number of amides is 2. The number of rotatable bonds is 6. The number of benzene rings is 1. The van der Waals surface area contributed by atoms with Crippen molar-refractivity contribution < 1.29 is 14.0 Å². The van der Waals surface area contributed by atoms with Crippen molar-refractivity contribution in [2.45, 2.75) is 46.3 Å². The monoisotopic (exact) mass is 363 g/mol. The van der Waals surface area contributed by atoms with Gasteiger partial charge in [-0.05, 0) is 45.9 Å². The highest BCUT2D eigenvalue weighted by molar-refractivity contribution is 7.09. The summed E-state index contributed by atoms with van der Waals surface area (Å²) in [7, 11) is 0. The van der Waals surface area contributed by atoms with E-state index in [1.807, 2.05) is 27.7 Å². The van der Waals surface area contributed by atoms with Gasteiger partial charge in [-0.2, -0.15) is 0 Å². The highest BCUT2D eigenvalue weighted by atomic mass is 32.1. The predicted molar refractivity (Wildman–Crippen MR) is 96.1 cm³/mol. The molecule has 134 valence electrons. The van der Waals surface area contributed by atoms with Crippen LogP contribution in [0.1, 0.15) is 53.5 Å². The van der Waals surface area contributed by atoms with Gasteiger partial charge in [0.25, 0.3) is 11.8 Å². The van der Waals surface area contributed by atoms with Crippen LogP contribution in [-0.2, 0) is 6.54 Å². The van der Waals surface area contributed by atoms with Gasteiger partial charge in [-0.25, -0.2) is 9.37 Å². The van der Waals surface area contributed by atoms with Crippen LogP contribution >= 0.6 is 11.3 Å². The third kappa shape index (κ3) is 5.09. The summed E-state index contributed by atoms with van der Waals surface area (Å²) in [5.41, 5.74) is 0.638. The molecule has 1 N–H and O–H groups in total. The van der Waals surface area contributed by atoms with Crippen molar-refractivity contribution in [2.75, 3.05) is 0 Å². The molecule has 0 bridgehead atoms. The van der Waals surface area contributed by atoms with Crippen LogP contribution in [0.25, 0.3) is 0 Å². The zero-order valence-electron chi connectivity index (χ0n) is 14.7. The smallest absolute Gasteiger partial charge is 0.270 e. The van der Waals surface area contributed by atoms with E-state index in [0.29, 0.717) is 16.3 Å². The summed E-state index contributed by atoms with van der Waals surface area (Å²) in [5, 5.41) is 5.12. The van der Waals surface area contributed by atoms with E-state index in [-0.39, 0.29) is 30.4 Å². The highest BCUT2D eigenvalue weighted by Gasteiger charge is 2.21. The first-order chi connectivity index (χ1) is 11.8. The second kappa shape index (κ2) is 8.20. The second-order valence-electron chi connectivity index (χ2n) is 6.29. The maximum absolute atomic E-state index is 13.4. The topological polar surface area (TPSA) is 62.3 Å². The number of hydrogen-bond donors (Lipinski definition) is 1. The Morgan fingerprint density at radius 2 is 2.00 bits per heavy atom. The first kappa shape index (κ1) is 19.1. The van der Waals surface area contributed by atoms with Crippen LogP contribution in [0.4, 0.5) is 4.39 Å². The fourth-order valence-corrected chi connectivity index (χ4v) is 3.02. The standard InChI is InChI=1S/C18H22FN3O2S/c1-11(2)20-17(23)15-10-25-16(21-15)9-22(12(3)4)18(24)13-6-5-7-14(19)8-13/h5-8,10-12H,9H2,1-4H3,(H,20,23). The van der Waals surface area contributed by atoms with Gasteiger partial charge in [0.2, 0.25) is 0 Å². The molecule has 2 rings (SSSR count). The number of carbonyl (C=O) groups is 2. The minimum atomic E-state index is -0.448. The van der Waals surface area contributed by atoms with Gasteiger partial charge in [-0.3, -0.25) is 9.59 Å². The first-order valence-electron chi connectivity index (χ1n) is 8.09. The average molecular weight is 363 g/mol. The van der Waals surface area contributed by atoms with Crippen LogP contribution in [0, 0.1) is 5.82 Å². The largest absolute Gasteiger partial charge is 0.349 e. The van der Waals surface area contributed by atoms with E-state index in [0.717, 1.165) is 0 Å². The Morgan fingerprint density at radius 3 is 2.60 bits per heavy atom. The van der Waals surface area contributed by atoms with Crippen LogP contribution in [-0.4, -0.2) is 33.8 Å². The lowest BCUT2D eigenvalue weighted by atomic mass is 10.1. The molecule has 0 aliphatic carbocycles. The first-order valence-corrected chi connectivity index (χ1v) is 8.97. The Morgan fingerprint density at radius 1 is 1.28 bits per heavy atom. The van der Waals surface area contributed by atoms with Crippen molar-refractivity contribution >= 4 is 23.2 Å². The van der Waals surface area contributed by atoms with E-state index in [1.165, 1.54) is 29.5 Å². The van der Waals surface area contributed by atoms with Crippen LogP contribution in [0.5, 0.6) is 0 Å². The van der Waals surface area contributed by atoms with E-state index in [2.05, 4.69) is 10.3 Å². The molecule has 1 aromatic carbocycles. The van der Waals surface area contributed by atoms with E-state index < -0.39 is 5.82 Å². The number of nitrogens with one attached hydrogen (secondary N) is 1. The second-order valence-corrected chi connectivity index (χ2v) is 7.23. The highest BCUT2D eigenvalue weighted by Crippen LogP contribution is 2.17. The van der Waals surface area contributed by atoms with Crippen molar-refractivity contribution in [1.82, 2.24) is 15.2 Å². The number of thiazole rings is 1.